The lowest BCUT2D eigenvalue weighted by atomic mass is 10.0. The van der Waals surface area contributed by atoms with E-state index >= 15 is 0 Å². The Morgan fingerprint density at radius 2 is 2.07 bits per heavy atom. The number of benzene rings is 2. The van der Waals surface area contributed by atoms with Gasteiger partial charge >= 0.3 is 0 Å². The summed E-state index contributed by atoms with van der Waals surface area (Å²) in [4.78, 5) is 2.62. The number of hydrogen-bond acceptors (Lipinski definition) is 6. The maximum absolute atomic E-state index is 12.1. The molecule has 3 atom stereocenters. The van der Waals surface area contributed by atoms with E-state index in [-0.39, 0.29) is 23.1 Å². The lowest BCUT2D eigenvalue weighted by Gasteiger charge is -2.38. The Morgan fingerprint density at radius 3 is 2.73 bits per heavy atom. The topological polar surface area (TPSA) is 96.4 Å². The number of rotatable bonds is 4. The molecule has 2 aliphatic rings. The summed E-state index contributed by atoms with van der Waals surface area (Å²) in [5.74, 6) is 0.476. The van der Waals surface area contributed by atoms with Gasteiger partial charge in [0.1, 0.15) is 11.9 Å². The number of halogens is 1. The van der Waals surface area contributed by atoms with Crippen LogP contribution in [0.4, 0.5) is 0 Å². The molecule has 0 saturated carbocycles. The highest BCUT2D eigenvalue weighted by Gasteiger charge is 2.40. The van der Waals surface area contributed by atoms with Crippen LogP contribution in [-0.4, -0.2) is 44.7 Å². The highest BCUT2D eigenvalue weighted by Crippen LogP contribution is 2.41. The molecule has 2 aromatic rings. The lowest BCUT2D eigenvalue weighted by Crippen LogP contribution is -2.49. The van der Waals surface area contributed by atoms with E-state index in [1.54, 1.807) is 30.3 Å². The maximum Gasteiger partial charge on any atom is 0.175 e. The first kappa shape index (κ1) is 21.1. The summed E-state index contributed by atoms with van der Waals surface area (Å²) < 4.78 is 30.6. The standard InChI is InChI=1S/C22H24ClN3O3S/c1-30(27,28)17-6-5-15-10-20(26-8-2-3-16(25)13-26)22(18(15)11-17)29-21-7-4-14(12-24)9-19(21)23/h4-7,9,11,16,20,22H,2-3,8,10,13,25H2,1H3/t16?,20-,22-/m1/s1. The summed E-state index contributed by atoms with van der Waals surface area (Å²) in [6.07, 6.45) is 3.61. The Labute approximate surface area is 182 Å². The fraction of sp³-hybridized carbons (Fsp3) is 0.409. The summed E-state index contributed by atoms with van der Waals surface area (Å²) in [5.41, 5.74) is 8.61. The fourth-order valence-electron chi connectivity index (χ4n) is 4.40. The zero-order chi connectivity index (χ0) is 21.5. The van der Waals surface area contributed by atoms with Crippen molar-refractivity contribution in [1.82, 2.24) is 4.90 Å². The third-order valence-electron chi connectivity index (χ3n) is 5.90. The third-order valence-corrected chi connectivity index (χ3v) is 7.31. The molecular weight excluding hydrogens is 422 g/mol. The molecule has 0 amide bonds. The number of piperidine rings is 1. The van der Waals surface area contributed by atoms with E-state index < -0.39 is 9.84 Å². The number of nitrogens with two attached hydrogens (primary N) is 1. The normalized spacial score (nSPS) is 24.3. The Kier molecular flexibility index (Phi) is 5.78. The van der Waals surface area contributed by atoms with E-state index in [0.29, 0.717) is 16.3 Å². The molecule has 0 spiro atoms. The molecule has 2 aromatic carbocycles. The van der Waals surface area contributed by atoms with E-state index in [4.69, 9.17) is 27.3 Å². The van der Waals surface area contributed by atoms with Crippen LogP contribution in [0, 0.1) is 11.3 Å². The first-order valence-electron chi connectivity index (χ1n) is 9.95. The number of nitriles is 1. The van der Waals surface area contributed by atoms with Crippen LogP contribution >= 0.6 is 11.6 Å². The molecule has 6 nitrogen and oxygen atoms in total. The number of likely N-dealkylation sites (tertiary alicyclic amines) is 1. The average Bonchev–Trinajstić information content (AvgIpc) is 3.06. The van der Waals surface area contributed by atoms with Gasteiger partial charge in [-0.3, -0.25) is 4.90 Å². The van der Waals surface area contributed by atoms with E-state index in [9.17, 15) is 8.42 Å². The summed E-state index contributed by atoms with van der Waals surface area (Å²) in [7, 11) is -3.34. The molecule has 1 aliphatic heterocycles. The maximum atomic E-state index is 12.1. The first-order chi connectivity index (χ1) is 14.3. The predicted octanol–water partition coefficient (Wildman–Crippen LogP) is 3.08. The molecule has 1 heterocycles. The van der Waals surface area contributed by atoms with Gasteiger partial charge in [0.25, 0.3) is 0 Å². The predicted molar refractivity (Wildman–Crippen MR) is 115 cm³/mol. The van der Waals surface area contributed by atoms with Crippen molar-refractivity contribution in [1.29, 1.82) is 5.26 Å². The number of nitrogens with zero attached hydrogens (tertiary/aromatic N) is 2. The zero-order valence-corrected chi connectivity index (χ0v) is 18.3. The number of fused-ring (bicyclic) bond motifs is 1. The van der Waals surface area contributed by atoms with Crippen molar-refractivity contribution in [3.63, 3.8) is 0 Å². The van der Waals surface area contributed by atoms with Gasteiger partial charge in [0, 0.05) is 18.8 Å². The van der Waals surface area contributed by atoms with Crippen LogP contribution in [0.15, 0.2) is 41.3 Å². The highest BCUT2D eigenvalue weighted by atomic mass is 35.5. The van der Waals surface area contributed by atoms with Gasteiger partial charge in [-0.25, -0.2) is 8.42 Å². The van der Waals surface area contributed by atoms with Gasteiger partial charge in [-0.05, 0) is 67.3 Å². The van der Waals surface area contributed by atoms with Crippen molar-refractivity contribution in [2.24, 2.45) is 5.73 Å². The molecule has 0 bridgehead atoms. The minimum atomic E-state index is -3.34. The zero-order valence-electron chi connectivity index (χ0n) is 16.7. The molecule has 1 saturated heterocycles. The molecule has 1 fully saturated rings. The SMILES string of the molecule is CS(=O)(=O)c1ccc2c(c1)[C@@H](Oc1ccc(C#N)cc1Cl)[C@H](N1CCCC(N)C1)C2. The summed E-state index contributed by atoms with van der Waals surface area (Å²) >= 11 is 6.37. The smallest absolute Gasteiger partial charge is 0.175 e. The van der Waals surface area contributed by atoms with Crippen LogP contribution in [0.1, 0.15) is 35.6 Å². The quantitative estimate of drug-likeness (QED) is 0.776. The van der Waals surface area contributed by atoms with E-state index in [2.05, 4.69) is 11.0 Å². The minimum absolute atomic E-state index is 0.0351. The second-order valence-corrected chi connectivity index (χ2v) is 10.5. The van der Waals surface area contributed by atoms with Gasteiger partial charge < -0.3 is 10.5 Å². The van der Waals surface area contributed by atoms with Gasteiger partial charge in [0.05, 0.1) is 27.6 Å². The molecule has 158 valence electrons. The minimum Gasteiger partial charge on any atom is -0.482 e. The van der Waals surface area contributed by atoms with Crippen LogP contribution in [-0.2, 0) is 16.3 Å². The van der Waals surface area contributed by atoms with Crippen LogP contribution in [0.25, 0.3) is 0 Å². The molecule has 8 heteroatoms. The monoisotopic (exact) mass is 445 g/mol. The third kappa shape index (κ3) is 4.19. The van der Waals surface area contributed by atoms with E-state index in [1.807, 2.05) is 6.07 Å². The second kappa shape index (κ2) is 8.20. The molecule has 4 rings (SSSR count). The molecule has 2 N–H and O–H groups in total. The molecular formula is C22H24ClN3O3S. The molecule has 1 aliphatic carbocycles. The first-order valence-corrected chi connectivity index (χ1v) is 12.2. The summed E-state index contributed by atoms with van der Waals surface area (Å²) in [6, 6.07) is 12.4. The molecule has 0 aromatic heterocycles. The number of sulfone groups is 1. The van der Waals surface area contributed by atoms with Crippen molar-refractivity contribution in [3.05, 3.63) is 58.1 Å². The van der Waals surface area contributed by atoms with Crippen molar-refractivity contribution >= 4 is 21.4 Å². The number of hydrogen-bond donors (Lipinski definition) is 1. The van der Waals surface area contributed by atoms with Crippen LogP contribution < -0.4 is 10.5 Å². The van der Waals surface area contributed by atoms with Crippen LogP contribution in [0.3, 0.4) is 0 Å². The van der Waals surface area contributed by atoms with Gasteiger partial charge in [0.2, 0.25) is 0 Å². The van der Waals surface area contributed by atoms with E-state index in [1.165, 1.54) is 6.26 Å². The largest absolute Gasteiger partial charge is 0.482 e. The van der Waals surface area contributed by atoms with Crippen molar-refractivity contribution in [2.75, 3.05) is 19.3 Å². The Bertz CT molecular complexity index is 1110. The van der Waals surface area contributed by atoms with Gasteiger partial charge in [0.15, 0.2) is 9.84 Å². The Balaban J connectivity index is 1.73. The van der Waals surface area contributed by atoms with Gasteiger partial charge in [-0.15, -0.1) is 0 Å². The lowest BCUT2D eigenvalue weighted by molar-refractivity contribution is 0.0593. The fourth-order valence-corrected chi connectivity index (χ4v) is 5.28. The summed E-state index contributed by atoms with van der Waals surface area (Å²) in [5, 5.41) is 9.44. The van der Waals surface area contributed by atoms with Crippen molar-refractivity contribution in [3.8, 4) is 11.8 Å². The van der Waals surface area contributed by atoms with Crippen LogP contribution in [0.5, 0.6) is 5.75 Å². The molecule has 30 heavy (non-hydrogen) atoms. The van der Waals surface area contributed by atoms with Gasteiger partial charge in [-0.1, -0.05) is 17.7 Å². The highest BCUT2D eigenvalue weighted by molar-refractivity contribution is 7.90. The molecule has 0 radical (unpaired) electrons. The van der Waals surface area contributed by atoms with Crippen molar-refractivity contribution < 1.29 is 13.2 Å². The van der Waals surface area contributed by atoms with Crippen LogP contribution in [0.2, 0.25) is 5.02 Å². The van der Waals surface area contributed by atoms with Gasteiger partial charge in [-0.2, -0.15) is 5.26 Å². The molecule has 1 unspecified atom stereocenters. The van der Waals surface area contributed by atoms with E-state index in [0.717, 1.165) is 43.5 Å². The number of ether oxygens (including phenoxy) is 1. The average molecular weight is 446 g/mol. The Hall–Kier alpha value is -2.11. The second-order valence-electron chi connectivity index (χ2n) is 8.10. The summed E-state index contributed by atoms with van der Waals surface area (Å²) in [6.45, 7) is 1.70. The van der Waals surface area contributed by atoms with Crippen molar-refractivity contribution in [2.45, 2.75) is 42.3 Å². The Morgan fingerprint density at radius 1 is 1.27 bits per heavy atom.